The number of hydrogen-bond acceptors (Lipinski definition) is 4. The van der Waals surface area contributed by atoms with Gasteiger partial charge in [0.05, 0.1) is 6.42 Å². The molecule has 34 heavy (non-hydrogen) atoms. The summed E-state index contributed by atoms with van der Waals surface area (Å²) in [6, 6.07) is 20.1. The van der Waals surface area contributed by atoms with Gasteiger partial charge in [0.2, 0.25) is 0 Å². The van der Waals surface area contributed by atoms with Crippen LogP contribution >= 0.6 is 23.4 Å². The fraction of sp³-hybridized carbons (Fsp3) is 0.185. The van der Waals surface area contributed by atoms with Gasteiger partial charge in [0, 0.05) is 27.9 Å². The van der Waals surface area contributed by atoms with E-state index in [1.807, 2.05) is 36.4 Å². The highest BCUT2D eigenvalue weighted by molar-refractivity contribution is 8.02. The molecule has 3 aromatic carbocycles. The molecule has 0 bridgehead atoms. The van der Waals surface area contributed by atoms with Gasteiger partial charge in [-0.25, -0.2) is 0 Å². The molecule has 1 unspecified atom stereocenters. The Labute approximate surface area is 207 Å². The number of carboxylic acid groups (broad SMARTS) is 1. The average molecular weight is 494 g/mol. The van der Waals surface area contributed by atoms with Gasteiger partial charge in [0.15, 0.2) is 0 Å². The molecular formula is C27H24ClNO4S. The van der Waals surface area contributed by atoms with Crippen LogP contribution in [0, 0.1) is 0 Å². The number of amides is 1. The van der Waals surface area contributed by atoms with E-state index in [0.717, 1.165) is 29.5 Å². The molecule has 0 radical (unpaired) electrons. The SMILES string of the molecule is O=C(O)Cc1ccc(Oc2ccc(C(=O)NCCc3ccc(Cl)cc3)cc2)c(C2CC=CS2)c1. The molecule has 1 atom stereocenters. The van der Waals surface area contributed by atoms with Crippen LogP contribution < -0.4 is 10.1 Å². The molecule has 0 aliphatic carbocycles. The predicted molar refractivity (Wildman–Crippen MR) is 136 cm³/mol. The maximum absolute atomic E-state index is 12.5. The molecule has 0 spiro atoms. The monoisotopic (exact) mass is 493 g/mol. The van der Waals surface area contributed by atoms with Crippen LogP contribution in [0.15, 0.2) is 78.2 Å². The maximum atomic E-state index is 12.5. The summed E-state index contributed by atoms with van der Waals surface area (Å²) in [6.45, 7) is 0.526. The van der Waals surface area contributed by atoms with Gasteiger partial charge in [-0.2, -0.15) is 0 Å². The fourth-order valence-corrected chi connectivity index (χ4v) is 4.78. The van der Waals surface area contributed by atoms with Gasteiger partial charge in [-0.15, -0.1) is 11.8 Å². The number of nitrogens with one attached hydrogen (secondary N) is 1. The number of halogens is 1. The van der Waals surface area contributed by atoms with Crippen LogP contribution in [0.3, 0.4) is 0 Å². The first-order valence-corrected chi connectivity index (χ1v) is 12.3. The summed E-state index contributed by atoms with van der Waals surface area (Å²) < 4.78 is 6.13. The Hall–Kier alpha value is -3.22. The van der Waals surface area contributed by atoms with Crippen LogP contribution in [0.2, 0.25) is 5.02 Å². The highest BCUT2D eigenvalue weighted by atomic mass is 35.5. The third-order valence-corrected chi connectivity index (χ3v) is 6.80. The lowest BCUT2D eigenvalue weighted by Crippen LogP contribution is -2.25. The molecule has 1 aliphatic rings. The summed E-state index contributed by atoms with van der Waals surface area (Å²) >= 11 is 7.59. The highest BCUT2D eigenvalue weighted by Crippen LogP contribution is 2.43. The Balaban J connectivity index is 1.39. The first kappa shape index (κ1) is 23.9. The fourth-order valence-electron chi connectivity index (χ4n) is 3.69. The molecular weight excluding hydrogens is 470 g/mol. The van der Waals surface area contributed by atoms with E-state index in [0.29, 0.717) is 28.6 Å². The van der Waals surface area contributed by atoms with Crippen molar-refractivity contribution < 1.29 is 19.4 Å². The van der Waals surface area contributed by atoms with Crippen molar-refractivity contribution in [2.24, 2.45) is 0 Å². The van der Waals surface area contributed by atoms with Gasteiger partial charge in [-0.1, -0.05) is 41.9 Å². The molecule has 5 nitrogen and oxygen atoms in total. The van der Waals surface area contributed by atoms with Crippen LogP contribution in [0.25, 0.3) is 0 Å². The lowest BCUT2D eigenvalue weighted by Gasteiger charge is -2.17. The normalized spacial score (nSPS) is 14.7. The summed E-state index contributed by atoms with van der Waals surface area (Å²) in [6.07, 6.45) is 3.66. The minimum Gasteiger partial charge on any atom is -0.481 e. The molecule has 4 rings (SSSR count). The third kappa shape index (κ3) is 6.43. The standard InChI is InChI=1S/C27H24ClNO4S/c28-21-8-3-18(4-9-21)13-14-29-27(32)20-6-10-22(11-7-20)33-24-12-5-19(17-26(30)31)16-23(24)25-2-1-15-34-25/h1,3-12,15-16,25H,2,13-14,17H2,(H,29,32)(H,30,31). The van der Waals surface area contributed by atoms with Crippen molar-refractivity contribution >= 4 is 35.2 Å². The van der Waals surface area contributed by atoms with Gasteiger partial charge < -0.3 is 15.2 Å². The Bertz CT molecular complexity index is 1180. The molecule has 0 aromatic heterocycles. The number of ether oxygens (including phenoxy) is 1. The van der Waals surface area contributed by atoms with Crippen LogP contribution in [0.5, 0.6) is 11.5 Å². The van der Waals surface area contributed by atoms with E-state index >= 15 is 0 Å². The van der Waals surface area contributed by atoms with Gasteiger partial charge >= 0.3 is 5.97 Å². The average Bonchev–Trinajstić information content (AvgIpc) is 3.36. The summed E-state index contributed by atoms with van der Waals surface area (Å²) in [7, 11) is 0. The third-order valence-electron chi connectivity index (χ3n) is 5.42. The van der Waals surface area contributed by atoms with E-state index in [2.05, 4.69) is 16.8 Å². The number of allylic oxidation sites excluding steroid dienone is 1. The summed E-state index contributed by atoms with van der Waals surface area (Å²) in [4.78, 5) is 23.6. The molecule has 1 amide bonds. The van der Waals surface area contributed by atoms with Gasteiger partial charge in [-0.05, 0) is 71.8 Å². The zero-order valence-corrected chi connectivity index (χ0v) is 19.9. The zero-order chi connectivity index (χ0) is 23.9. The smallest absolute Gasteiger partial charge is 0.307 e. The van der Waals surface area contributed by atoms with Crippen molar-refractivity contribution in [3.8, 4) is 11.5 Å². The Morgan fingerprint density at radius 3 is 2.44 bits per heavy atom. The van der Waals surface area contributed by atoms with Gasteiger partial charge in [0.1, 0.15) is 11.5 Å². The molecule has 7 heteroatoms. The molecule has 0 fully saturated rings. The Morgan fingerprint density at radius 2 is 1.76 bits per heavy atom. The van der Waals surface area contributed by atoms with E-state index in [4.69, 9.17) is 21.4 Å². The lowest BCUT2D eigenvalue weighted by molar-refractivity contribution is -0.136. The largest absolute Gasteiger partial charge is 0.481 e. The van der Waals surface area contributed by atoms with E-state index < -0.39 is 5.97 Å². The number of hydrogen-bond donors (Lipinski definition) is 2. The predicted octanol–water partition coefficient (Wildman–Crippen LogP) is 6.42. The van der Waals surface area contributed by atoms with Gasteiger partial charge in [0.25, 0.3) is 5.91 Å². The Kier molecular flexibility index (Phi) is 7.93. The van der Waals surface area contributed by atoms with Crippen LogP contribution in [0.1, 0.15) is 38.7 Å². The molecule has 1 aliphatic heterocycles. The first-order chi connectivity index (χ1) is 16.5. The van der Waals surface area contributed by atoms with Crippen LogP contribution in [0.4, 0.5) is 0 Å². The summed E-state index contributed by atoms with van der Waals surface area (Å²) in [5, 5.41) is 15.0. The quantitative estimate of drug-likeness (QED) is 0.359. The van der Waals surface area contributed by atoms with Crippen molar-refractivity contribution in [1.82, 2.24) is 5.32 Å². The Morgan fingerprint density at radius 1 is 1.03 bits per heavy atom. The molecule has 3 aromatic rings. The van der Waals surface area contributed by atoms with Crippen molar-refractivity contribution in [2.45, 2.75) is 24.5 Å². The second-order valence-electron chi connectivity index (χ2n) is 7.93. The summed E-state index contributed by atoms with van der Waals surface area (Å²) in [5.74, 6) is 0.294. The molecule has 2 N–H and O–H groups in total. The topological polar surface area (TPSA) is 75.6 Å². The number of aliphatic carboxylic acids is 1. The summed E-state index contributed by atoms with van der Waals surface area (Å²) in [5.41, 5.74) is 3.37. The van der Waals surface area contributed by atoms with Gasteiger partial charge in [-0.3, -0.25) is 9.59 Å². The minimum absolute atomic E-state index is 0.0279. The molecule has 1 heterocycles. The maximum Gasteiger partial charge on any atom is 0.307 e. The van der Waals surface area contributed by atoms with E-state index in [9.17, 15) is 9.59 Å². The van der Waals surface area contributed by atoms with Crippen molar-refractivity contribution in [3.05, 3.63) is 105 Å². The van der Waals surface area contributed by atoms with E-state index in [1.165, 1.54) is 0 Å². The zero-order valence-electron chi connectivity index (χ0n) is 18.4. The number of benzene rings is 3. The van der Waals surface area contributed by atoms with Crippen molar-refractivity contribution in [3.63, 3.8) is 0 Å². The number of carbonyl (C=O) groups excluding carboxylic acids is 1. The number of thioether (sulfide) groups is 1. The minimum atomic E-state index is -0.862. The van der Waals surface area contributed by atoms with Crippen LogP contribution in [-0.2, 0) is 17.6 Å². The van der Waals surface area contributed by atoms with Crippen molar-refractivity contribution in [2.75, 3.05) is 6.54 Å². The van der Waals surface area contributed by atoms with Crippen LogP contribution in [-0.4, -0.2) is 23.5 Å². The van der Waals surface area contributed by atoms with E-state index in [-0.39, 0.29) is 17.6 Å². The van der Waals surface area contributed by atoms with Crippen molar-refractivity contribution in [1.29, 1.82) is 0 Å². The lowest BCUT2D eigenvalue weighted by atomic mass is 10.0. The number of carbonyl (C=O) groups is 2. The first-order valence-electron chi connectivity index (χ1n) is 10.9. The second-order valence-corrected chi connectivity index (χ2v) is 9.48. The molecule has 0 saturated heterocycles. The highest BCUT2D eigenvalue weighted by Gasteiger charge is 2.20. The second kappa shape index (κ2) is 11.3. The number of carboxylic acids is 1. The molecule has 174 valence electrons. The number of rotatable bonds is 9. The van der Waals surface area contributed by atoms with E-state index in [1.54, 1.807) is 42.1 Å². The molecule has 0 saturated carbocycles.